The summed E-state index contributed by atoms with van der Waals surface area (Å²) in [5.74, 6) is 1.04. The third-order valence-corrected chi connectivity index (χ3v) is 3.14. The number of nitrogens with zero attached hydrogens (tertiary/aromatic N) is 4. The SMILES string of the molecule is CCNC(C)(C#N)CCN(C)Cc1nccn1C. The molecule has 0 aliphatic carbocycles. The van der Waals surface area contributed by atoms with Gasteiger partial charge in [0, 0.05) is 26.0 Å². The van der Waals surface area contributed by atoms with Crippen LogP contribution >= 0.6 is 0 Å². The van der Waals surface area contributed by atoms with Crippen LogP contribution < -0.4 is 5.32 Å². The van der Waals surface area contributed by atoms with E-state index in [2.05, 4.69) is 28.3 Å². The highest BCUT2D eigenvalue weighted by Gasteiger charge is 2.22. The Morgan fingerprint density at radius 1 is 1.61 bits per heavy atom. The Balaban J connectivity index is 2.44. The van der Waals surface area contributed by atoms with Crippen LogP contribution in [0, 0.1) is 11.3 Å². The maximum Gasteiger partial charge on any atom is 0.122 e. The van der Waals surface area contributed by atoms with Gasteiger partial charge in [-0.25, -0.2) is 4.98 Å². The van der Waals surface area contributed by atoms with E-state index < -0.39 is 5.54 Å². The first kappa shape index (κ1) is 14.7. The first-order valence-corrected chi connectivity index (χ1v) is 6.32. The zero-order valence-corrected chi connectivity index (χ0v) is 11.8. The quantitative estimate of drug-likeness (QED) is 0.787. The Labute approximate surface area is 109 Å². The predicted molar refractivity (Wildman–Crippen MR) is 71.9 cm³/mol. The molecule has 0 bridgehead atoms. The number of hydrogen-bond donors (Lipinski definition) is 1. The van der Waals surface area contributed by atoms with E-state index in [-0.39, 0.29) is 0 Å². The fourth-order valence-electron chi connectivity index (χ4n) is 1.86. The summed E-state index contributed by atoms with van der Waals surface area (Å²) in [5.41, 5.74) is -0.440. The highest BCUT2D eigenvalue weighted by atomic mass is 15.2. The number of hydrogen-bond acceptors (Lipinski definition) is 4. The van der Waals surface area contributed by atoms with Crippen molar-refractivity contribution in [1.82, 2.24) is 19.8 Å². The molecule has 5 heteroatoms. The Morgan fingerprint density at radius 3 is 2.83 bits per heavy atom. The van der Waals surface area contributed by atoms with Gasteiger partial charge in [-0.05, 0) is 26.9 Å². The van der Waals surface area contributed by atoms with Gasteiger partial charge in [-0.2, -0.15) is 5.26 Å². The molecule has 100 valence electrons. The maximum atomic E-state index is 9.18. The molecule has 1 aromatic heterocycles. The predicted octanol–water partition coefficient (Wildman–Crippen LogP) is 1.13. The van der Waals surface area contributed by atoms with Gasteiger partial charge in [0.2, 0.25) is 0 Å². The summed E-state index contributed by atoms with van der Waals surface area (Å²) < 4.78 is 2.02. The van der Waals surface area contributed by atoms with E-state index in [0.29, 0.717) is 0 Å². The summed E-state index contributed by atoms with van der Waals surface area (Å²) >= 11 is 0. The van der Waals surface area contributed by atoms with Gasteiger partial charge in [0.15, 0.2) is 0 Å². The standard InChI is InChI=1S/C13H23N5/c1-5-16-13(2,11-14)6-8-17(3)10-12-15-7-9-18(12)4/h7,9,16H,5-6,8,10H2,1-4H3. The van der Waals surface area contributed by atoms with Crippen molar-refractivity contribution in [2.45, 2.75) is 32.4 Å². The van der Waals surface area contributed by atoms with Crippen LogP contribution in [0.4, 0.5) is 0 Å². The molecule has 0 saturated heterocycles. The molecule has 1 unspecified atom stereocenters. The van der Waals surface area contributed by atoms with Crippen molar-refractivity contribution in [1.29, 1.82) is 5.26 Å². The van der Waals surface area contributed by atoms with E-state index in [4.69, 9.17) is 0 Å². The number of aromatic nitrogens is 2. The monoisotopic (exact) mass is 249 g/mol. The summed E-state index contributed by atoms with van der Waals surface area (Å²) in [5, 5.41) is 12.4. The van der Waals surface area contributed by atoms with Crippen molar-refractivity contribution in [2.75, 3.05) is 20.1 Å². The average Bonchev–Trinajstić information content (AvgIpc) is 2.73. The van der Waals surface area contributed by atoms with Crippen LogP contribution in [-0.2, 0) is 13.6 Å². The molecular weight excluding hydrogens is 226 g/mol. The third kappa shape index (κ3) is 4.13. The Morgan fingerprint density at radius 2 is 2.33 bits per heavy atom. The van der Waals surface area contributed by atoms with Crippen molar-refractivity contribution < 1.29 is 0 Å². The largest absolute Gasteiger partial charge is 0.337 e. The molecule has 1 aromatic rings. The van der Waals surface area contributed by atoms with Gasteiger partial charge in [0.1, 0.15) is 11.4 Å². The maximum absolute atomic E-state index is 9.18. The van der Waals surface area contributed by atoms with Crippen LogP contribution in [-0.4, -0.2) is 40.1 Å². The average molecular weight is 249 g/mol. The smallest absolute Gasteiger partial charge is 0.122 e. The fraction of sp³-hybridized carbons (Fsp3) is 0.692. The zero-order chi connectivity index (χ0) is 13.6. The van der Waals surface area contributed by atoms with E-state index in [1.165, 1.54) is 0 Å². The lowest BCUT2D eigenvalue weighted by atomic mass is 9.99. The summed E-state index contributed by atoms with van der Waals surface area (Å²) in [6, 6.07) is 2.35. The molecule has 1 atom stereocenters. The molecule has 1 N–H and O–H groups in total. The molecule has 0 aliphatic rings. The van der Waals surface area contributed by atoms with Crippen LogP contribution in [0.25, 0.3) is 0 Å². The molecule has 0 fully saturated rings. The second-order valence-electron chi connectivity index (χ2n) is 4.92. The van der Waals surface area contributed by atoms with Gasteiger partial charge in [-0.15, -0.1) is 0 Å². The summed E-state index contributed by atoms with van der Waals surface area (Å²) in [6.07, 6.45) is 4.56. The lowest BCUT2D eigenvalue weighted by Gasteiger charge is -2.25. The molecule has 0 spiro atoms. The van der Waals surface area contributed by atoms with Crippen LogP contribution in [0.15, 0.2) is 12.4 Å². The van der Waals surface area contributed by atoms with E-state index in [9.17, 15) is 5.26 Å². The zero-order valence-electron chi connectivity index (χ0n) is 11.8. The Bertz CT molecular complexity index is 406. The van der Waals surface area contributed by atoms with E-state index in [1.54, 1.807) is 6.20 Å². The number of rotatable bonds is 7. The van der Waals surface area contributed by atoms with Crippen molar-refractivity contribution in [2.24, 2.45) is 7.05 Å². The van der Waals surface area contributed by atoms with Gasteiger partial charge in [-0.1, -0.05) is 6.92 Å². The summed E-state index contributed by atoms with van der Waals surface area (Å²) in [4.78, 5) is 6.49. The Kier molecular flexibility index (Phi) is 5.32. The topological polar surface area (TPSA) is 56.9 Å². The normalized spacial score (nSPS) is 14.4. The molecule has 18 heavy (non-hydrogen) atoms. The van der Waals surface area contributed by atoms with Gasteiger partial charge < -0.3 is 4.57 Å². The van der Waals surface area contributed by atoms with Crippen LogP contribution in [0.2, 0.25) is 0 Å². The first-order chi connectivity index (χ1) is 8.50. The molecule has 5 nitrogen and oxygen atoms in total. The highest BCUT2D eigenvalue weighted by molar-refractivity contribution is 5.03. The van der Waals surface area contributed by atoms with Gasteiger partial charge >= 0.3 is 0 Å². The van der Waals surface area contributed by atoms with Crippen molar-refractivity contribution in [3.05, 3.63) is 18.2 Å². The molecule has 0 aliphatic heterocycles. The molecule has 0 amide bonds. The first-order valence-electron chi connectivity index (χ1n) is 6.32. The molecule has 0 radical (unpaired) electrons. The number of nitriles is 1. The van der Waals surface area contributed by atoms with Crippen LogP contribution in [0.1, 0.15) is 26.1 Å². The van der Waals surface area contributed by atoms with E-state index in [1.807, 2.05) is 31.7 Å². The van der Waals surface area contributed by atoms with Gasteiger partial charge in [-0.3, -0.25) is 10.2 Å². The molecule has 1 heterocycles. The lowest BCUT2D eigenvalue weighted by Crippen LogP contribution is -2.43. The number of aryl methyl sites for hydroxylation is 1. The summed E-state index contributed by atoms with van der Waals surface area (Å²) in [6.45, 7) is 6.45. The second kappa shape index (κ2) is 6.53. The summed E-state index contributed by atoms with van der Waals surface area (Å²) in [7, 11) is 4.05. The third-order valence-electron chi connectivity index (χ3n) is 3.14. The van der Waals surface area contributed by atoms with Crippen LogP contribution in [0.5, 0.6) is 0 Å². The number of imidazole rings is 1. The molecule has 0 aromatic carbocycles. The van der Waals surface area contributed by atoms with E-state index in [0.717, 1.165) is 31.9 Å². The molecule has 1 rings (SSSR count). The van der Waals surface area contributed by atoms with Crippen molar-refractivity contribution in [3.8, 4) is 6.07 Å². The fourth-order valence-corrected chi connectivity index (χ4v) is 1.86. The highest BCUT2D eigenvalue weighted by Crippen LogP contribution is 2.10. The van der Waals surface area contributed by atoms with Crippen molar-refractivity contribution in [3.63, 3.8) is 0 Å². The lowest BCUT2D eigenvalue weighted by molar-refractivity contribution is 0.276. The van der Waals surface area contributed by atoms with E-state index >= 15 is 0 Å². The number of nitrogens with one attached hydrogen (secondary N) is 1. The van der Waals surface area contributed by atoms with Gasteiger partial charge in [0.05, 0.1) is 12.6 Å². The Hall–Kier alpha value is -1.38. The minimum Gasteiger partial charge on any atom is -0.337 e. The van der Waals surface area contributed by atoms with Crippen molar-refractivity contribution >= 4 is 0 Å². The second-order valence-corrected chi connectivity index (χ2v) is 4.92. The minimum atomic E-state index is -0.440. The minimum absolute atomic E-state index is 0.440. The van der Waals surface area contributed by atoms with Gasteiger partial charge in [0.25, 0.3) is 0 Å². The molecule has 0 saturated carbocycles. The molecular formula is C13H23N5. The van der Waals surface area contributed by atoms with Crippen LogP contribution in [0.3, 0.4) is 0 Å².